The molecule has 0 atom stereocenters. The molecule has 0 saturated heterocycles. The second kappa shape index (κ2) is 5.82. The molecule has 0 aliphatic carbocycles. The van der Waals surface area contributed by atoms with E-state index in [1.54, 1.807) is 0 Å². The summed E-state index contributed by atoms with van der Waals surface area (Å²) in [4.78, 5) is 4.83. The lowest BCUT2D eigenvalue weighted by atomic mass is 9.97. The van der Waals surface area contributed by atoms with Crippen molar-refractivity contribution in [1.29, 1.82) is 0 Å². The molecule has 2 heteroatoms. The molecular weight excluding hydrogens is 292 g/mol. The van der Waals surface area contributed by atoms with Crippen LogP contribution in [0.5, 0.6) is 0 Å². The van der Waals surface area contributed by atoms with Crippen LogP contribution in [-0.2, 0) is 0 Å². The van der Waals surface area contributed by atoms with Gasteiger partial charge in [-0.05, 0) is 53.9 Å². The molecule has 116 valence electrons. The maximum Gasteiger partial charge on any atom is 0.0712 e. The number of pyridine rings is 1. The zero-order valence-corrected chi connectivity index (χ0v) is 13.5. The Labute approximate surface area is 141 Å². The fraction of sp³-hybridized carbons (Fsp3) is 0.0455. The molecule has 2 N–H and O–H groups in total. The monoisotopic (exact) mass is 310 g/mol. The van der Waals surface area contributed by atoms with Crippen LogP contribution in [0.1, 0.15) is 5.56 Å². The lowest BCUT2D eigenvalue weighted by Crippen LogP contribution is -1.91. The molecule has 3 aromatic carbocycles. The highest BCUT2D eigenvalue weighted by Crippen LogP contribution is 2.29. The first-order valence-corrected chi connectivity index (χ1v) is 8.03. The molecule has 2 nitrogen and oxygen atoms in total. The van der Waals surface area contributed by atoms with E-state index in [-0.39, 0.29) is 0 Å². The van der Waals surface area contributed by atoms with Crippen molar-refractivity contribution >= 4 is 16.6 Å². The van der Waals surface area contributed by atoms with Crippen LogP contribution in [0, 0.1) is 6.92 Å². The number of rotatable bonds is 2. The highest BCUT2D eigenvalue weighted by Gasteiger charge is 2.07. The van der Waals surface area contributed by atoms with Gasteiger partial charge in [-0.15, -0.1) is 0 Å². The van der Waals surface area contributed by atoms with Crippen LogP contribution >= 0.6 is 0 Å². The molecule has 0 unspecified atom stereocenters. The Morgan fingerprint density at radius 1 is 0.750 bits per heavy atom. The standard InChI is InChI=1S/C22H18N2/c1-15-7-8-17(16-5-3-2-4-6-16)14-20(15)22-11-9-18-13-19(23)10-12-21(18)24-22/h2-14H,23H2,1H3. The van der Waals surface area contributed by atoms with Crippen molar-refractivity contribution in [1.82, 2.24) is 4.98 Å². The Morgan fingerprint density at radius 2 is 1.58 bits per heavy atom. The van der Waals surface area contributed by atoms with Crippen LogP contribution in [0.15, 0.2) is 78.9 Å². The van der Waals surface area contributed by atoms with Crippen molar-refractivity contribution in [2.75, 3.05) is 5.73 Å². The van der Waals surface area contributed by atoms with E-state index in [2.05, 4.69) is 61.5 Å². The first-order chi connectivity index (χ1) is 11.7. The van der Waals surface area contributed by atoms with Gasteiger partial charge in [-0.3, -0.25) is 0 Å². The van der Waals surface area contributed by atoms with Crippen molar-refractivity contribution in [2.45, 2.75) is 6.92 Å². The predicted molar refractivity (Wildman–Crippen MR) is 102 cm³/mol. The van der Waals surface area contributed by atoms with Crippen molar-refractivity contribution in [3.05, 3.63) is 84.4 Å². The number of aromatic nitrogens is 1. The molecule has 0 aliphatic rings. The highest BCUT2D eigenvalue weighted by molar-refractivity contribution is 5.85. The van der Waals surface area contributed by atoms with E-state index in [0.717, 1.165) is 27.8 Å². The van der Waals surface area contributed by atoms with Gasteiger partial charge >= 0.3 is 0 Å². The number of nitrogens with zero attached hydrogens (tertiary/aromatic N) is 1. The average molecular weight is 310 g/mol. The zero-order valence-electron chi connectivity index (χ0n) is 13.5. The van der Waals surface area contributed by atoms with Gasteiger partial charge in [0, 0.05) is 16.6 Å². The van der Waals surface area contributed by atoms with Gasteiger partial charge in [-0.2, -0.15) is 0 Å². The fourth-order valence-electron chi connectivity index (χ4n) is 3.00. The first kappa shape index (κ1) is 14.5. The number of nitrogens with two attached hydrogens (primary N) is 1. The average Bonchev–Trinajstić information content (AvgIpc) is 2.62. The van der Waals surface area contributed by atoms with Gasteiger partial charge < -0.3 is 5.73 Å². The SMILES string of the molecule is Cc1ccc(-c2ccccc2)cc1-c1ccc2cc(N)ccc2n1. The second-order valence-electron chi connectivity index (χ2n) is 6.04. The van der Waals surface area contributed by atoms with E-state index in [4.69, 9.17) is 10.7 Å². The first-order valence-electron chi connectivity index (χ1n) is 8.03. The summed E-state index contributed by atoms with van der Waals surface area (Å²) >= 11 is 0. The van der Waals surface area contributed by atoms with E-state index in [1.165, 1.54) is 16.7 Å². The summed E-state index contributed by atoms with van der Waals surface area (Å²) in [6, 6.07) is 26.9. The maximum atomic E-state index is 5.85. The summed E-state index contributed by atoms with van der Waals surface area (Å²) in [6.45, 7) is 2.12. The summed E-state index contributed by atoms with van der Waals surface area (Å²) in [7, 11) is 0. The predicted octanol–water partition coefficient (Wildman–Crippen LogP) is 5.46. The molecule has 1 aromatic heterocycles. The van der Waals surface area contributed by atoms with E-state index in [9.17, 15) is 0 Å². The molecule has 0 aliphatic heterocycles. The van der Waals surface area contributed by atoms with E-state index in [0.29, 0.717) is 0 Å². The van der Waals surface area contributed by atoms with Crippen LogP contribution in [0.2, 0.25) is 0 Å². The summed E-state index contributed by atoms with van der Waals surface area (Å²) in [6.07, 6.45) is 0. The third-order valence-corrected chi connectivity index (χ3v) is 4.33. The third-order valence-electron chi connectivity index (χ3n) is 4.33. The van der Waals surface area contributed by atoms with E-state index >= 15 is 0 Å². The van der Waals surface area contributed by atoms with Crippen molar-refractivity contribution < 1.29 is 0 Å². The van der Waals surface area contributed by atoms with Crippen LogP contribution in [0.25, 0.3) is 33.3 Å². The Balaban J connectivity index is 1.85. The van der Waals surface area contributed by atoms with E-state index < -0.39 is 0 Å². The van der Waals surface area contributed by atoms with Crippen LogP contribution in [0.4, 0.5) is 5.69 Å². The Kier molecular flexibility index (Phi) is 3.51. The van der Waals surface area contributed by atoms with Gasteiger partial charge in [0.2, 0.25) is 0 Å². The summed E-state index contributed by atoms with van der Waals surface area (Å²) in [5.74, 6) is 0. The van der Waals surface area contributed by atoms with Gasteiger partial charge in [-0.25, -0.2) is 4.98 Å². The minimum absolute atomic E-state index is 0.763. The van der Waals surface area contributed by atoms with Crippen molar-refractivity contribution in [3.63, 3.8) is 0 Å². The highest BCUT2D eigenvalue weighted by atomic mass is 14.7. The number of benzene rings is 3. The molecular formula is C22H18N2. The molecule has 4 aromatic rings. The molecule has 4 rings (SSSR count). The molecule has 0 amide bonds. The lowest BCUT2D eigenvalue weighted by molar-refractivity contribution is 1.36. The summed E-state index contributed by atoms with van der Waals surface area (Å²) < 4.78 is 0. The number of hydrogen-bond acceptors (Lipinski definition) is 2. The van der Waals surface area contributed by atoms with Gasteiger partial charge in [0.15, 0.2) is 0 Å². The number of nitrogen functional groups attached to an aromatic ring is 1. The van der Waals surface area contributed by atoms with Gasteiger partial charge in [0.25, 0.3) is 0 Å². The third kappa shape index (κ3) is 2.63. The van der Waals surface area contributed by atoms with Crippen molar-refractivity contribution in [3.8, 4) is 22.4 Å². The maximum absolute atomic E-state index is 5.85. The topological polar surface area (TPSA) is 38.9 Å². The lowest BCUT2D eigenvalue weighted by Gasteiger charge is -2.10. The van der Waals surface area contributed by atoms with Gasteiger partial charge in [-0.1, -0.05) is 48.5 Å². The fourth-order valence-corrected chi connectivity index (χ4v) is 3.00. The number of hydrogen-bond donors (Lipinski definition) is 1. The smallest absolute Gasteiger partial charge is 0.0712 e. The zero-order chi connectivity index (χ0) is 16.5. The van der Waals surface area contributed by atoms with Gasteiger partial charge in [0.05, 0.1) is 11.2 Å². The molecule has 24 heavy (non-hydrogen) atoms. The quantitative estimate of drug-likeness (QED) is 0.499. The number of aryl methyl sites for hydroxylation is 1. The van der Waals surface area contributed by atoms with E-state index in [1.807, 2.05) is 24.3 Å². The number of fused-ring (bicyclic) bond motifs is 1. The summed E-state index contributed by atoms with van der Waals surface area (Å²) in [5.41, 5.74) is 13.4. The van der Waals surface area contributed by atoms with Gasteiger partial charge in [0.1, 0.15) is 0 Å². The second-order valence-corrected chi connectivity index (χ2v) is 6.04. The van der Waals surface area contributed by atoms with Crippen molar-refractivity contribution in [2.24, 2.45) is 0 Å². The Hall–Kier alpha value is -3.13. The van der Waals surface area contributed by atoms with Crippen LogP contribution in [-0.4, -0.2) is 4.98 Å². The molecule has 1 heterocycles. The van der Waals surface area contributed by atoms with Crippen LogP contribution in [0.3, 0.4) is 0 Å². The largest absolute Gasteiger partial charge is 0.399 e. The Morgan fingerprint density at radius 3 is 2.42 bits per heavy atom. The number of anilines is 1. The minimum Gasteiger partial charge on any atom is -0.399 e. The summed E-state index contributed by atoms with van der Waals surface area (Å²) in [5, 5.41) is 1.07. The molecule has 0 bridgehead atoms. The Bertz CT molecular complexity index is 1020. The molecule has 0 fully saturated rings. The molecule has 0 radical (unpaired) electrons. The van der Waals surface area contributed by atoms with Crippen LogP contribution < -0.4 is 5.73 Å². The minimum atomic E-state index is 0.763. The molecule has 0 saturated carbocycles. The molecule has 0 spiro atoms. The normalized spacial score (nSPS) is 10.9.